The van der Waals surface area contributed by atoms with E-state index in [4.69, 9.17) is 9.59 Å². The number of aryl methyl sites for hydroxylation is 4. The van der Waals surface area contributed by atoms with Crippen LogP contribution in [0.3, 0.4) is 0 Å². The second kappa shape index (κ2) is 35.1. The zero-order chi connectivity index (χ0) is 27.9. The third-order valence-electron chi connectivity index (χ3n) is 4.37. The molecule has 2 aromatic rings. The highest BCUT2D eigenvalue weighted by Gasteiger charge is 1.95. The molecule has 0 aromatic heterocycles. The van der Waals surface area contributed by atoms with Gasteiger partial charge in [-0.1, -0.05) is 133 Å². The maximum Gasteiger partial charge on any atom is 0.106 e. The number of hydrogen-bond acceptors (Lipinski definition) is 2. The van der Waals surface area contributed by atoms with E-state index in [1.54, 1.807) is 0 Å². The number of carbonyl (C=O) groups excluding carboxylic acids is 2. The third kappa shape index (κ3) is 31.7. The number of carbonyl (C=O) groups is 2. The lowest BCUT2D eigenvalue weighted by Gasteiger charge is -2.02. The highest BCUT2D eigenvalue weighted by Crippen LogP contribution is 2.14. The molecule has 0 amide bonds. The second-order valence-corrected chi connectivity index (χ2v) is 7.77. The molecule has 0 bridgehead atoms. The summed E-state index contributed by atoms with van der Waals surface area (Å²) in [5, 5.41) is 0. The molecular formula is C32H56O2. The van der Waals surface area contributed by atoms with E-state index in [9.17, 15) is 0 Å². The van der Waals surface area contributed by atoms with Crippen LogP contribution in [-0.4, -0.2) is 13.6 Å². The molecule has 0 aliphatic rings. The van der Waals surface area contributed by atoms with Gasteiger partial charge >= 0.3 is 0 Å². The number of rotatable bonds is 3. The Morgan fingerprint density at radius 1 is 0.735 bits per heavy atom. The van der Waals surface area contributed by atoms with E-state index < -0.39 is 0 Å². The number of unbranched alkanes of at least 4 members (excludes halogenated alkanes) is 1. The van der Waals surface area contributed by atoms with Crippen LogP contribution in [0, 0.1) is 33.6 Å². The van der Waals surface area contributed by atoms with Crippen LogP contribution < -0.4 is 0 Å². The van der Waals surface area contributed by atoms with E-state index in [2.05, 4.69) is 117 Å². The van der Waals surface area contributed by atoms with Gasteiger partial charge in [-0.05, 0) is 57.2 Å². The van der Waals surface area contributed by atoms with Gasteiger partial charge in [-0.15, -0.1) is 0 Å². The zero-order valence-electron chi connectivity index (χ0n) is 24.6. The molecule has 2 nitrogen and oxygen atoms in total. The fourth-order valence-corrected chi connectivity index (χ4v) is 2.06. The van der Waals surface area contributed by atoms with Crippen molar-refractivity contribution in [3.63, 3.8) is 0 Å². The Kier molecular flexibility index (Phi) is 43.1. The molecule has 0 fully saturated rings. The minimum absolute atomic E-state index is 0.884. The van der Waals surface area contributed by atoms with Crippen LogP contribution in [0.5, 0.6) is 0 Å². The number of allylic oxidation sites excluding steroid dienone is 1. The van der Waals surface area contributed by atoms with Gasteiger partial charge in [-0.2, -0.15) is 0 Å². The predicted molar refractivity (Wildman–Crippen MR) is 158 cm³/mol. The van der Waals surface area contributed by atoms with E-state index in [1.165, 1.54) is 47.1 Å². The van der Waals surface area contributed by atoms with Gasteiger partial charge in [0.05, 0.1) is 0 Å². The van der Waals surface area contributed by atoms with Crippen LogP contribution in [-0.2, 0) is 9.59 Å². The second-order valence-electron chi connectivity index (χ2n) is 7.77. The quantitative estimate of drug-likeness (QED) is 0.445. The Bertz CT molecular complexity index is 631. The average Bonchev–Trinajstić information content (AvgIpc) is 2.86. The molecular weight excluding hydrogens is 416 g/mol. The smallest absolute Gasteiger partial charge is 0.106 e. The first kappa shape index (κ1) is 41.7. The lowest BCUT2D eigenvalue weighted by Crippen LogP contribution is -1.83. The Balaban J connectivity index is -0.000000108. The monoisotopic (exact) mass is 472 g/mol. The van der Waals surface area contributed by atoms with E-state index >= 15 is 0 Å². The van der Waals surface area contributed by atoms with Crippen LogP contribution in [0.1, 0.15) is 102 Å². The van der Waals surface area contributed by atoms with Crippen molar-refractivity contribution in [1.29, 1.82) is 0 Å². The first-order valence-corrected chi connectivity index (χ1v) is 12.5. The topological polar surface area (TPSA) is 34.1 Å². The van der Waals surface area contributed by atoms with E-state index in [-0.39, 0.29) is 0 Å². The fraction of sp³-hybridized carbons (Fsp3) is 0.500. The van der Waals surface area contributed by atoms with Gasteiger partial charge < -0.3 is 9.59 Å². The van der Waals surface area contributed by atoms with Crippen LogP contribution in [0.15, 0.2) is 48.5 Å². The van der Waals surface area contributed by atoms with Crippen molar-refractivity contribution in [3.8, 4) is 0 Å². The van der Waals surface area contributed by atoms with Crippen molar-refractivity contribution >= 4 is 19.7 Å². The first-order valence-electron chi connectivity index (χ1n) is 12.5. The van der Waals surface area contributed by atoms with Gasteiger partial charge in [0, 0.05) is 0 Å². The molecule has 2 aromatic carbocycles. The molecule has 34 heavy (non-hydrogen) atoms. The van der Waals surface area contributed by atoms with E-state index in [0.29, 0.717) is 0 Å². The summed E-state index contributed by atoms with van der Waals surface area (Å²) in [4.78, 5) is 16.0. The first-order chi connectivity index (χ1) is 16.2. The third-order valence-corrected chi connectivity index (χ3v) is 4.37. The maximum atomic E-state index is 8.00. The largest absolute Gasteiger partial charge is 0.307 e. The Morgan fingerprint density at radius 3 is 1.26 bits per heavy atom. The maximum absolute atomic E-state index is 8.00. The lowest BCUT2D eigenvalue weighted by molar-refractivity contribution is -0.0987. The molecule has 2 heteroatoms. The van der Waals surface area contributed by atoms with Crippen LogP contribution in [0.25, 0.3) is 6.08 Å². The lowest BCUT2D eigenvalue weighted by atomic mass is 10.0. The highest BCUT2D eigenvalue weighted by atomic mass is 16.1. The van der Waals surface area contributed by atoms with Gasteiger partial charge in [0.2, 0.25) is 0 Å². The molecule has 0 unspecified atom stereocenters. The number of hydrogen-bond donors (Lipinski definition) is 0. The van der Waals surface area contributed by atoms with Crippen molar-refractivity contribution in [2.45, 2.75) is 102 Å². The van der Waals surface area contributed by atoms with Crippen LogP contribution in [0.4, 0.5) is 0 Å². The van der Waals surface area contributed by atoms with Crippen molar-refractivity contribution in [1.82, 2.24) is 0 Å². The summed E-state index contributed by atoms with van der Waals surface area (Å²) in [6.45, 7) is 29.5. The van der Waals surface area contributed by atoms with Crippen molar-refractivity contribution in [2.75, 3.05) is 0 Å². The molecule has 0 heterocycles. The van der Waals surface area contributed by atoms with Crippen molar-refractivity contribution in [3.05, 3.63) is 76.4 Å². The van der Waals surface area contributed by atoms with Gasteiger partial charge in [0.15, 0.2) is 0 Å². The summed E-state index contributed by atoms with van der Waals surface area (Å²) in [7, 11) is 0. The summed E-state index contributed by atoms with van der Waals surface area (Å²) in [5.74, 6) is 0.884. The van der Waals surface area contributed by atoms with E-state index in [1.807, 2.05) is 34.3 Å². The zero-order valence-corrected chi connectivity index (χ0v) is 24.6. The van der Waals surface area contributed by atoms with Gasteiger partial charge in [0.25, 0.3) is 0 Å². The van der Waals surface area contributed by atoms with Crippen LogP contribution >= 0.6 is 0 Å². The summed E-state index contributed by atoms with van der Waals surface area (Å²) >= 11 is 0. The Morgan fingerprint density at radius 2 is 1.06 bits per heavy atom. The minimum atomic E-state index is 0.884. The molecule has 0 N–H and O–H groups in total. The average molecular weight is 473 g/mol. The molecule has 0 saturated carbocycles. The van der Waals surface area contributed by atoms with Gasteiger partial charge in [0.1, 0.15) is 13.6 Å². The van der Waals surface area contributed by atoms with Gasteiger partial charge in [-0.25, -0.2) is 0 Å². The highest BCUT2D eigenvalue weighted by molar-refractivity contribution is 5.57. The molecule has 0 radical (unpaired) electrons. The van der Waals surface area contributed by atoms with E-state index in [0.717, 1.165) is 5.92 Å². The fourth-order valence-electron chi connectivity index (χ4n) is 2.06. The molecule has 0 aliphatic carbocycles. The van der Waals surface area contributed by atoms with Crippen LogP contribution in [0.2, 0.25) is 0 Å². The predicted octanol–water partition coefficient (Wildman–Crippen LogP) is 10.2. The standard InChI is InChI=1S/C11H14.C8H10.C5H12.C4H10.C2H6.2CH2O/c1-4-6-11-9(2)7-5-8-10(11)3;1-7-4-3-5-8(2)6-7;1-4-5(2)3;1-3-4-2;3*1-2/h4-8H,1-3H3;3-6H,1-2H3;5H,4H2,1-3H3;3-4H2,1-2H3;1-2H3;2*1H2/b6-4-;;;;;;. The molecule has 0 atom stereocenters. The summed E-state index contributed by atoms with van der Waals surface area (Å²) in [6.07, 6.45) is 8.18. The summed E-state index contributed by atoms with van der Waals surface area (Å²) < 4.78 is 0. The minimum Gasteiger partial charge on any atom is -0.307 e. The molecule has 2 rings (SSSR count). The molecule has 0 saturated heterocycles. The molecule has 0 spiro atoms. The van der Waals surface area contributed by atoms with Crippen molar-refractivity contribution in [2.24, 2.45) is 5.92 Å². The summed E-state index contributed by atoms with van der Waals surface area (Å²) in [5.41, 5.74) is 6.73. The number of benzene rings is 2. The Hall–Kier alpha value is -2.48. The SMILES string of the molecule is C/C=C\c1c(C)cccc1C.C=O.C=O.CC.CCC(C)C.CCCC.Cc1cccc(C)c1. The normalized spacial score (nSPS) is 8.38. The Labute approximate surface area is 213 Å². The van der Waals surface area contributed by atoms with Gasteiger partial charge in [-0.3, -0.25) is 0 Å². The van der Waals surface area contributed by atoms with Crippen molar-refractivity contribution < 1.29 is 9.59 Å². The summed E-state index contributed by atoms with van der Waals surface area (Å²) in [6, 6.07) is 14.8. The molecule has 196 valence electrons. The molecule has 0 aliphatic heterocycles.